The average Bonchev–Trinajstić information content (AvgIpc) is 3.16. The van der Waals surface area contributed by atoms with Crippen LogP contribution in [0.25, 0.3) is 0 Å². The van der Waals surface area contributed by atoms with E-state index >= 15 is 0 Å². The van der Waals surface area contributed by atoms with Gasteiger partial charge in [-0.3, -0.25) is 0 Å². The van der Waals surface area contributed by atoms with Crippen molar-refractivity contribution in [1.29, 1.82) is 0 Å². The molecule has 2 atom stereocenters. The molecule has 1 nitrogen and oxygen atoms in total. The lowest BCUT2D eigenvalue weighted by Crippen LogP contribution is -2.22. The lowest BCUT2D eigenvalue weighted by atomic mass is 9.72. The van der Waals surface area contributed by atoms with Crippen LogP contribution in [0.1, 0.15) is 70.6 Å². The second-order valence-electron chi connectivity index (χ2n) is 6.93. The summed E-state index contributed by atoms with van der Waals surface area (Å²) < 4.78 is 0. The minimum atomic E-state index is 0.0165. The Morgan fingerprint density at radius 3 is 1.41 bits per heavy atom. The highest BCUT2D eigenvalue weighted by atomic mass is 16.3. The third kappa shape index (κ3) is 3.05. The Kier molecular flexibility index (Phi) is 3.75. The Balaban J connectivity index is 1.48. The standard InChI is InChI=1S/C16H28O/c17-16-3-1-2-12(10-11-16)13-4-6-14(7-5-13)15-8-9-15/h12-17H,1-11H2. The molecule has 3 aliphatic rings. The van der Waals surface area contributed by atoms with Crippen LogP contribution in [0.5, 0.6) is 0 Å². The van der Waals surface area contributed by atoms with Crippen LogP contribution < -0.4 is 0 Å². The van der Waals surface area contributed by atoms with Gasteiger partial charge in [-0.2, -0.15) is 0 Å². The molecule has 3 rings (SSSR count). The van der Waals surface area contributed by atoms with Crippen LogP contribution in [-0.4, -0.2) is 11.2 Å². The van der Waals surface area contributed by atoms with E-state index in [1.165, 1.54) is 57.8 Å². The van der Waals surface area contributed by atoms with Crippen molar-refractivity contribution >= 4 is 0 Å². The van der Waals surface area contributed by atoms with E-state index in [0.29, 0.717) is 0 Å². The van der Waals surface area contributed by atoms with Crippen LogP contribution in [0.15, 0.2) is 0 Å². The summed E-state index contributed by atoms with van der Waals surface area (Å²) in [5, 5.41) is 9.73. The van der Waals surface area contributed by atoms with E-state index in [2.05, 4.69) is 0 Å². The molecule has 3 saturated carbocycles. The monoisotopic (exact) mass is 236 g/mol. The Bertz CT molecular complexity index is 238. The summed E-state index contributed by atoms with van der Waals surface area (Å²) in [6.45, 7) is 0. The molecule has 1 N–H and O–H groups in total. The molecular formula is C16H28O. The van der Waals surface area contributed by atoms with Crippen molar-refractivity contribution in [1.82, 2.24) is 0 Å². The van der Waals surface area contributed by atoms with Crippen molar-refractivity contribution in [2.75, 3.05) is 0 Å². The average molecular weight is 236 g/mol. The van der Waals surface area contributed by atoms with E-state index in [4.69, 9.17) is 0 Å². The van der Waals surface area contributed by atoms with Crippen molar-refractivity contribution in [2.45, 2.75) is 76.7 Å². The van der Waals surface area contributed by atoms with E-state index in [-0.39, 0.29) is 6.10 Å². The Hall–Kier alpha value is -0.0400. The summed E-state index contributed by atoms with van der Waals surface area (Å²) in [6.07, 6.45) is 15.2. The molecule has 0 radical (unpaired) electrons. The highest BCUT2D eigenvalue weighted by molar-refractivity contribution is 4.87. The van der Waals surface area contributed by atoms with Crippen molar-refractivity contribution < 1.29 is 5.11 Å². The summed E-state index contributed by atoms with van der Waals surface area (Å²) in [6, 6.07) is 0. The molecule has 0 aromatic heterocycles. The molecule has 3 fully saturated rings. The molecule has 0 amide bonds. The van der Waals surface area contributed by atoms with Gasteiger partial charge in [0.25, 0.3) is 0 Å². The number of aliphatic hydroxyl groups excluding tert-OH is 1. The number of hydrogen-bond acceptors (Lipinski definition) is 1. The van der Waals surface area contributed by atoms with Crippen LogP contribution in [0.2, 0.25) is 0 Å². The lowest BCUT2D eigenvalue weighted by Gasteiger charge is -2.33. The van der Waals surface area contributed by atoms with Crippen molar-refractivity contribution in [3.05, 3.63) is 0 Å². The Morgan fingerprint density at radius 1 is 0.471 bits per heavy atom. The van der Waals surface area contributed by atoms with Gasteiger partial charge in [-0.15, -0.1) is 0 Å². The largest absolute Gasteiger partial charge is 0.393 e. The van der Waals surface area contributed by atoms with Gasteiger partial charge in [-0.25, -0.2) is 0 Å². The second kappa shape index (κ2) is 5.30. The van der Waals surface area contributed by atoms with Crippen molar-refractivity contribution in [3.63, 3.8) is 0 Å². The molecular weight excluding hydrogens is 208 g/mol. The molecule has 0 bridgehead atoms. The molecule has 0 spiro atoms. The zero-order chi connectivity index (χ0) is 11.7. The van der Waals surface area contributed by atoms with Gasteiger partial charge in [0.15, 0.2) is 0 Å². The molecule has 0 aliphatic heterocycles. The first-order valence-electron chi connectivity index (χ1n) is 8.01. The van der Waals surface area contributed by atoms with E-state index in [1.54, 1.807) is 0 Å². The van der Waals surface area contributed by atoms with Crippen LogP contribution in [0.4, 0.5) is 0 Å². The first kappa shape index (κ1) is 12.0. The Labute approximate surface area is 106 Å². The van der Waals surface area contributed by atoms with E-state index in [0.717, 1.165) is 36.5 Å². The van der Waals surface area contributed by atoms with Gasteiger partial charge in [-0.1, -0.05) is 12.8 Å². The summed E-state index contributed by atoms with van der Waals surface area (Å²) in [4.78, 5) is 0. The fourth-order valence-corrected chi connectivity index (χ4v) is 4.44. The molecule has 17 heavy (non-hydrogen) atoms. The molecule has 0 heterocycles. The lowest BCUT2D eigenvalue weighted by molar-refractivity contribution is 0.146. The molecule has 3 aliphatic carbocycles. The smallest absolute Gasteiger partial charge is 0.0540 e. The minimum absolute atomic E-state index is 0.0165. The summed E-state index contributed by atoms with van der Waals surface area (Å²) in [5.74, 6) is 4.19. The van der Waals surface area contributed by atoms with Crippen LogP contribution >= 0.6 is 0 Å². The van der Waals surface area contributed by atoms with Gasteiger partial charge >= 0.3 is 0 Å². The maximum absolute atomic E-state index is 9.73. The first-order chi connectivity index (χ1) is 8.33. The summed E-state index contributed by atoms with van der Waals surface area (Å²) in [5.41, 5.74) is 0. The zero-order valence-electron chi connectivity index (χ0n) is 11.1. The van der Waals surface area contributed by atoms with Gasteiger partial charge in [0.05, 0.1) is 6.10 Å². The van der Waals surface area contributed by atoms with Crippen LogP contribution in [0, 0.1) is 23.7 Å². The predicted molar refractivity (Wildman–Crippen MR) is 70.8 cm³/mol. The fourth-order valence-electron chi connectivity index (χ4n) is 4.44. The number of aliphatic hydroxyl groups is 1. The minimum Gasteiger partial charge on any atom is -0.393 e. The normalized spacial score (nSPS) is 44.3. The van der Waals surface area contributed by atoms with Crippen LogP contribution in [-0.2, 0) is 0 Å². The highest BCUT2D eigenvalue weighted by Gasteiger charge is 2.36. The van der Waals surface area contributed by atoms with Gasteiger partial charge in [-0.05, 0) is 81.5 Å². The molecule has 0 saturated heterocycles. The molecule has 2 unspecified atom stereocenters. The predicted octanol–water partition coefficient (Wildman–Crippen LogP) is 4.14. The molecule has 98 valence electrons. The SMILES string of the molecule is OC1CCCC(C2CCC(C3CC3)CC2)CC1. The Morgan fingerprint density at radius 2 is 0.882 bits per heavy atom. The summed E-state index contributed by atoms with van der Waals surface area (Å²) in [7, 11) is 0. The van der Waals surface area contributed by atoms with Gasteiger partial charge < -0.3 is 5.11 Å². The van der Waals surface area contributed by atoms with Crippen molar-refractivity contribution in [2.24, 2.45) is 23.7 Å². The fraction of sp³-hybridized carbons (Fsp3) is 1.00. The molecule has 0 aromatic carbocycles. The summed E-state index contributed by atoms with van der Waals surface area (Å²) >= 11 is 0. The topological polar surface area (TPSA) is 20.2 Å². The van der Waals surface area contributed by atoms with Crippen molar-refractivity contribution in [3.8, 4) is 0 Å². The van der Waals surface area contributed by atoms with Crippen LogP contribution in [0.3, 0.4) is 0 Å². The maximum Gasteiger partial charge on any atom is 0.0540 e. The molecule has 0 aromatic rings. The highest BCUT2D eigenvalue weighted by Crippen LogP contribution is 2.47. The maximum atomic E-state index is 9.73. The second-order valence-corrected chi connectivity index (χ2v) is 6.93. The van der Waals surface area contributed by atoms with E-state index < -0.39 is 0 Å². The third-order valence-corrected chi connectivity index (χ3v) is 5.75. The quantitative estimate of drug-likeness (QED) is 0.714. The van der Waals surface area contributed by atoms with E-state index in [9.17, 15) is 5.11 Å². The third-order valence-electron chi connectivity index (χ3n) is 5.75. The van der Waals surface area contributed by atoms with Gasteiger partial charge in [0.1, 0.15) is 0 Å². The first-order valence-corrected chi connectivity index (χ1v) is 8.01. The van der Waals surface area contributed by atoms with E-state index in [1.807, 2.05) is 0 Å². The molecule has 1 heteroatoms. The van der Waals surface area contributed by atoms with Gasteiger partial charge in [0, 0.05) is 0 Å². The van der Waals surface area contributed by atoms with Gasteiger partial charge in [0.2, 0.25) is 0 Å². The number of rotatable bonds is 2. The zero-order valence-corrected chi connectivity index (χ0v) is 11.1. The number of hydrogen-bond donors (Lipinski definition) is 1.